The molecule has 26 heavy (non-hydrogen) atoms. The number of aromatic nitrogens is 2. The number of ether oxygens (including phenoxy) is 1. The van der Waals surface area contributed by atoms with Crippen molar-refractivity contribution in [1.82, 2.24) is 15.3 Å². The van der Waals surface area contributed by atoms with Crippen molar-refractivity contribution < 1.29 is 9.53 Å². The minimum absolute atomic E-state index is 0.157. The van der Waals surface area contributed by atoms with Crippen LogP contribution in [0.1, 0.15) is 22.5 Å². The molecular formula is C20H24N4O2. The lowest BCUT2D eigenvalue weighted by molar-refractivity contribution is 0.0949. The van der Waals surface area contributed by atoms with Crippen LogP contribution in [0.4, 0.5) is 5.69 Å². The zero-order valence-electron chi connectivity index (χ0n) is 14.9. The number of nitrogens with zero attached hydrogens (tertiary/aromatic N) is 1. The maximum atomic E-state index is 12.2. The molecule has 0 saturated carbocycles. The van der Waals surface area contributed by atoms with Crippen LogP contribution >= 0.6 is 0 Å². The Morgan fingerprint density at radius 3 is 2.88 bits per heavy atom. The van der Waals surface area contributed by atoms with Gasteiger partial charge < -0.3 is 20.4 Å². The van der Waals surface area contributed by atoms with E-state index in [4.69, 9.17) is 4.74 Å². The van der Waals surface area contributed by atoms with Crippen molar-refractivity contribution in [1.29, 1.82) is 0 Å². The van der Waals surface area contributed by atoms with E-state index in [1.54, 1.807) is 19.4 Å². The number of aromatic amines is 1. The molecule has 136 valence electrons. The molecule has 6 nitrogen and oxygen atoms in total. The van der Waals surface area contributed by atoms with Crippen LogP contribution in [0.2, 0.25) is 0 Å². The summed E-state index contributed by atoms with van der Waals surface area (Å²) in [6.45, 7) is 2.10. The fourth-order valence-corrected chi connectivity index (χ4v) is 2.82. The van der Waals surface area contributed by atoms with Gasteiger partial charge in [-0.05, 0) is 36.6 Å². The molecule has 3 rings (SSSR count). The van der Waals surface area contributed by atoms with E-state index < -0.39 is 0 Å². The molecule has 0 unspecified atom stereocenters. The van der Waals surface area contributed by atoms with Crippen molar-refractivity contribution in [3.05, 3.63) is 60.0 Å². The van der Waals surface area contributed by atoms with E-state index in [-0.39, 0.29) is 5.91 Å². The Morgan fingerprint density at radius 2 is 2.08 bits per heavy atom. The van der Waals surface area contributed by atoms with Gasteiger partial charge in [0.15, 0.2) is 0 Å². The number of fused-ring (bicyclic) bond motifs is 1. The van der Waals surface area contributed by atoms with Crippen molar-refractivity contribution in [3.8, 4) is 0 Å². The number of hydrogen-bond acceptors (Lipinski definition) is 4. The van der Waals surface area contributed by atoms with Crippen LogP contribution in [0.25, 0.3) is 10.9 Å². The van der Waals surface area contributed by atoms with Crippen LogP contribution in [0.15, 0.2) is 48.8 Å². The molecule has 0 radical (unpaired) electrons. The maximum absolute atomic E-state index is 12.2. The summed E-state index contributed by atoms with van der Waals surface area (Å²) < 4.78 is 5.01. The fraction of sp³-hybridized carbons (Fsp3) is 0.300. The van der Waals surface area contributed by atoms with E-state index in [1.807, 2.05) is 30.5 Å². The van der Waals surface area contributed by atoms with Crippen molar-refractivity contribution in [2.75, 3.05) is 32.1 Å². The van der Waals surface area contributed by atoms with Gasteiger partial charge >= 0.3 is 0 Å². The van der Waals surface area contributed by atoms with Crippen LogP contribution in [0.3, 0.4) is 0 Å². The highest BCUT2D eigenvalue weighted by atomic mass is 16.5. The first kappa shape index (κ1) is 17.9. The van der Waals surface area contributed by atoms with Crippen LogP contribution in [0.5, 0.6) is 0 Å². The van der Waals surface area contributed by atoms with Gasteiger partial charge in [0.25, 0.3) is 5.91 Å². The molecule has 6 heteroatoms. The van der Waals surface area contributed by atoms with Gasteiger partial charge in [-0.2, -0.15) is 0 Å². The van der Waals surface area contributed by atoms with Crippen LogP contribution in [-0.2, 0) is 11.2 Å². The Labute approximate surface area is 153 Å². The number of para-hydroxylation sites is 1. The maximum Gasteiger partial charge on any atom is 0.269 e. The van der Waals surface area contributed by atoms with Crippen molar-refractivity contribution in [2.45, 2.75) is 12.8 Å². The molecule has 2 heterocycles. The normalized spacial score (nSPS) is 10.8. The second-order valence-electron chi connectivity index (χ2n) is 6.07. The first-order valence-corrected chi connectivity index (χ1v) is 8.80. The van der Waals surface area contributed by atoms with Crippen molar-refractivity contribution in [3.63, 3.8) is 0 Å². The van der Waals surface area contributed by atoms with E-state index in [0.717, 1.165) is 37.2 Å². The number of rotatable bonds is 9. The molecule has 0 fully saturated rings. The average Bonchev–Trinajstić information content (AvgIpc) is 3.09. The summed E-state index contributed by atoms with van der Waals surface area (Å²) in [6, 6.07) is 11.8. The van der Waals surface area contributed by atoms with E-state index >= 15 is 0 Å². The average molecular weight is 352 g/mol. The number of anilines is 1. The van der Waals surface area contributed by atoms with E-state index in [1.165, 1.54) is 10.9 Å². The second kappa shape index (κ2) is 9.01. The van der Waals surface area contributed by atoms with Crippen LogP contribution < -0.4 is 10.6 Å². The zero-order valence-corrected chi connectivity index (χ0v) is 14.9. The molecule has 1 aromatic carbocycles. The smallest absolute Gasteiger partial charge is 0.269 e. The first-order chi connectivity index (χ1) is 12.8. The third-order valence-corrected chi connectivity index (χ3v) is 4.21. The third kappa shape index (κ3) is 4.61. The Morgan fingerprint density at radius 1 is 1.19 bits per heavy atom. The number of pyridine rings is 1. The molecule has 0 bridgehead atoms. The van der Waals surface area contributed by atoms with Crippen LogP contribution in [0, 0.1) is 0 Å². The summed E-state index contributed by atoms with van der Waals surface area (Å²) >= 11 is 0. The second-order valence-corrected chi connectivity index (χ2v) is 6.07. The predicted octanol–water partition coefficient (Wildman–Crippen LogP) is 2.98. The van der Waals surface area contributed by atoms with Gasteiger partial charge in [0.05, 0.1) is 11.9 Å². The summed E-state index contributed by atoms with van der Waals surface area (Å²) in [7, 11) is 1.69. The number of amides is 1. The monoisotopic (exact) mass is 352 g/mol. The van der Waals surface area contributed by atoms with Crippen LogP contribution in [-0.4, -0.2) is 42.7 Å². The predicted molar refractivity (Wildman–Crippen MR) is 104 cm³/mol. The number of methoxy groups -OCH3 is 1. The third-order valence-electron chi connectivity index (χ3n) is 4.21. The van der Waals surface area contributed by atoms with Gasteiger partial charge in [-0.25, -0.2) is 4.98 Å². The Kier molecular flexibility index (Phi) is 6.22. The van der Waals surface area contributed by atoms with Gasteiger partial charge in [0, 0.05) is 43.9 Å². The summed E-state index contributed by atoms with van der Waals surface area (Å²) in [6.07, 6.45) is 5.38. The minimum atomic E-state index is -0.157. The minimum Gasteiger partial charge on any atom is -0.385 e. The quantitative estimate of drug-likeness (QED) is 0.517. The van der Waals surface area contributed by atoms with Gasteiger partial charge in [-0.3, -0.25) is 4.79 Å². The Balaban J connectivity index is 1.47. The molecule has 0 aliphatic rings. The highest BCUT2D eigenvalue weighted by Crippen LogP contribution is 2.17. The topological polar surface area (TPSA) is 79.0 Å². The molecule has 0 saturated heterocycles. The number of nitrogens with one attached hydrogen (secondary N) is 3. The fourth-order valence-electron chi connectivity index (χ4n) is 2.82. The number of carbonyl (C=O) groups is 1. The lowest BCUT2D eigenvalue weighted by Gasteiger charge is -2.07. The molecular weight excluding hydrogens is 328 g/mol. The largest absolute Gasteiger partial charge is 0.385 e. The van der Waals surface area contributed by atoms with E-state index in [9.17, 15) is 4.79 Å². The molecule has 0 aliphatic carbocycles. The molecule has 3 aromatic rings. The Bertz CT molecular complexity index is 842. The SMILES string of the molecule is COCCCNc1ccc(C(=O)NCCc2c[nH]c3ccccc23)nc1. The molecule has 0 spiro atoms. The number of benzene rings is 1. The summed E-state index contributed by atoms with van der Waals surface area (Å²) in [5, 5.41) is 7.37. The summed E-state index contributed by atoms with van der Waals surface area (Å²) in [4.78, 5) is 19.7. The highest BCUT2D eigenvalue weighted by Gasteiger charge is 2.08. The van der Waals surface area contributed by atoms with Gasteiger partial charge in [-0.15, -0.1) is 0 Å². The highest BCUT2D eigenvalue weighted by molar-refractivity contribution is 5.92. The summed E-state index contributed by atoms with van der Waals surface area (Å²) in [5.74, 6) is -0.157. The number of hydrogen-bond donors (Lipinski definition) is 3. The molecule has 2 aromatic heterocycles. The van der Waals surface area contributed by atoms with Crippen molar-refractivity contribution in [2.24, 2.45) is 0 Å². The molecule has 0 aliphatic heterocycles. The standard InChI is InChI=1S/C20H24N4O2/c1-26-12-4-10-21-16-7-8-19(24-14-16)20(25)22-11-9-15-13-23-18-6-3-2-5-17(15)18/h2-3,5-8,13-14,21,23H,4,9-12H2,1H3,(H,22,25). The van der Waals surface area contributed by atoms with E-state index in [2.05, 4.69) is 26.7 Å². The molecule has 1 amide bonds. The van der Waals surface area contributed by atoms with Crippen molar-refractivity contribution >= 4 is 22.5 Å². The lowest BCUT2D eigenvalue weighted by atomic mass is 10.1. The number of H-pyrrole nitrogens is 1. The Hall–Kier alpha value is -2.86. The first-order valence-electron chi connectivity index (χ1n) is 8.80. The van der Waals surface area contributed by atoms with E-state index in [0.29, 0.717) is 12.2 Å². The molecule has 0 atom stereocenters. The van der Waals surface area contributed by atoms with Gasteiger partial charge in [0.2, 0.25) is 0 Å². The lowest BCUT2D eigenvalue weighted by Crippen LogP contribution is -2.26. The molecule has 3 N–H and O–H groups in total. The summed E-state index contributed by atoms with van der Waals surface area (Å²) in [5.41, 5.74) is 3.64. The van der Waals surface area contributed by atoms with Gasteiger partial charge in [-0.1, -0.05) is 18.2 Å². The zero-order chi connectivity index (χ0) is 18.2. The number of carbonyl (C=O) groups excluding carboxylic acids is 1. The van der Waals surface area contributed by atoms with Gasteiger partial charge in [0.1, 0.15) is 5.69 Å².